The molecule has 2 nitrogen and oxygen atoms in total. The van der Waals surface area contributed by atoms with Crippen molar-refractivity contribution in [1.82, 2.24) is 5.32 Å². The molecule has 0 aliphatic heterocycles. The maximum Gasteiger partial charge on any atom is 0.0677 e. The summed E-state index contributed by atoms with van der Waals surface area (Å²) in [7, 11) is 0. The summed E-state index contributed by atoms with van der Waals surface area (Å²) in [5.74, 6) is 1.22. The summed E-state index contributed by atoms with van der Waals surface area (Å²) in [6.45, 7) is 15.6. The Hall–Kier alpha value is -0.970. The highest BCUT2D eigenvalue weighted by molar-refractivity contribution is 5.04. The maximum atomic E-state index is 9.54. The van der Waals surface area contributed by atoms with Crippen LogP contribution in [0.15, 0.2) is 12.3 Å². The van der Waals surface area contributed by atoms with E-state index >= 15 is 0 Å². The van der Waals surface area contributed by atoms with Gasteiger partial charge in [0.25, 0.3) is 0 Å². The lowest BCUT2D eigenvalue weighted by atomic mass is 9.87. The first-order valence-electron chi connectivity index (χ1n) is 9.86. The molecule has 23 heavy (non-hydrogen) atoms. The van der Waals surface area contributed by atoms with Crippen molar-refractivity contribution in [2.75, 3.05) is 0 Å². The minimum atomic E-state index is 0.103. The Kier molecular flexibility index (Phi) is 12.9. The molecule has 0 bridgehead atoms. The van der Waals surface area contributed by atoms with Crippen LogP contribution in [0.5, 0.6) is 0 Å². The van der Waals surface area contributed by atoms with E-state index in [1.807, 2.05) is 0 Å². The fraction of sp³-hybridized carbons (Fsp3) is 0.857. The van der Waals surface area contributed by atoms with Gasteiger partial charge in [0.1, 0.15) is 0 Å². The number of rotatable bonds is 14. The molecule has 134 valence electrons. The second kappa shape index (κ2) is 13.5. The third-order valence-corrected chi connectivity index (χ3v) is 5.16. The van der Waals surface area contributed by atoms with Crippen molar-refractivity contribution in [1.29, 1.82) is 5.26 Å². The maximum absolute atomic E-state index is 9.54. The van der Waals surface area contributed by atoms with Crippen LogP contribution >= 0.6 is 0 Å². The lowest BCUT2D eigenvalue weighted by Crippen LogP contribution is -2.37. The molecule has 0 spiro atoms. The fourth-order valence-corrected chi connectivity index (χ4v) is 3.14. The summed E-state index contributed by atoms with van der Waals surface area (Å²) in [6, 6.07) is 2.80. The van der Waals surface area contributed by atoms with E-state index in [0.717, 1.165) is 25.0 Å². The van der Waals surface area contributed by atoms with Gasteiger partial charge < -0.3 is 5.32 Å². The molecule has 0 aromatic rings. The minimum absolute atomic E-state index is 0.103. The van der Waals surface area contributed by atoms with E-state index in [1.54, 1.807) is 0 Å². The van der Waals surface area contributed by atoms with Crippen LogP contribution in [0.25, 0.3) is 0 Å². The molecular weight excluding hydrogens is 280 g/mol. The first-order valence-corrected chi connectivity index (χ1v) is 9.86. The van der Waals surface area contributed by atoms with E-state index in [9.17, 15) is 5.26 Å². The van der Waals surface area contributed by atoms with Crippen molar-refractivity contribution in [3.63, 3.8) is 0 Å². The van der Waals surface area contributed by atoms with Crippen LogP contribution in [-0.2, 0) is 0 Å². The van der Waals surface area contributed by atoms with E-state index in [1.165, 1.54) is 38.5 Å². The van der Waals surface area contributed by atoms with Crippen LogP contribution < -0.4 is 5.32 Å². The fourth-order valence-electron chi connectivity index (χ4n) is 3.14. The van der Waals surface area contributed by atoms with Gasteiger partial charge in [0.2, 0.25) is 0 Å². The number of hydrogen-bond donors (Lipinski definition) is 1. The molecule has 0 heterocycles. The molecule has 0 amide bonds. The van der Waals surface area contributed by atoms with Crippen LogP contribution in [0.3, 0.4) is 0 Å². The summed E-state index contributed by atoms with van der Waals surface area (Å²) < 4.78 is 0. The molecule has 0 saturated carbocycles. The molecule has 0 saturated heterocycles. The molecule has 0 radical (unpaired) electrons. The van der Waals surface area contributed by atoms with Gasteiger partial charge in [-0.2, -0.15) is 5.26 Å². The van der Waals surface area contributed by atoms with Crippen molar-refractivity contribution in [2.24, 2.45) is 17.8 Å². The zero-order valence-electron chi connectivity index (χ0n) is 16.3. The molecule has 0 aliphatic rings. The first-order chi connectivity index (χ1) is 11.0. The van der Waals surface area contributed by atoms with Crippen LogP contribution in [0.2, 0.25) is 0 Å². The first kappa shape index (κ1) is 22.0. The summed E-state index contributed by atoms with van der Waals surface area (Å²) in [5.41, 5.74) is 1.13. The van der Waals surface area contributed by atoms with Gasteiger partial charge in [-0.15, -0.1) is 0 Å². The highest BCUT2D eigenvalue weighted by atomic mass is 14.9. The second-order valence-electron chi connectivity index (χ2n) is 7.20. The van der Waals surface area contributed by atoms with Crippen LogP contribution in [0.4, 0.5) is 0 Å². The monoisotopic (exact) mass is 320 g/mol. The summed E-state index contributed by atoms with van der Waals surface area (Å²) in [5, 5.41) is 13.2. The van der Waals surface area contributed by atoms with Crippen LogP contribution in [0, 0.1) is 29.1 Å². The van der Waals surface area contributed by atoms with Crippen LogP contribution in [0.1, 0.15) is 92.4 Å². The van der Waals surface area contributed by atoms with Gasteiger partial charge in [-0.25, -0.2) is 0 Å². The lowest BCUT2D eigenvalue weighted by Gasteiger charge is -2.30. The largest absolute Gasteiger partial charge is 0.385 e. The van der Waals surface area contributed by atoms with Crippen LogP contribution in [-0.4, -0.2) is 6.04 Å². The summed E-state index contributed by atoms with van der Waals surface area (Å²) >= 11 is 0. The van der Waals surface area contributed by atoms with Gasteiger partial charge in [0.05, 0.1) is 12.0 Å². The Morgan fingerprint density at radius 2 is 1.61 bits per heavy atom. The minimum Gasteiger partial charge on any atom is -0.385 e. The molecule has 0 rings (SSSR count). The third-order valence-electron chi connectivity index (χ3n) is 5.16. The number of nitrogens with zero attached hydrogens (tertiary/aromatic N) is 1. The Balaban J connectivity index is 4.71. The number of allylic oxidation sites excluding steroid dienone is 1. The van der Waals surface area contributed by atoms with Gasteiger partial charge in [0.15, 0.2) is 0 Å². The number of hydrogen-bond acceptors (Lipinski definition) is 2. The lowest BCUT2D eigenvalue weighted by molar-refractivity contribution is 0.335. The smallest absolute Gasteiger partial charge is 0.0677 e. The van der Waals surface area contributed by atoms with E-state index in [4.69, 9.17) is 0 Å². The molecular formula is C21H40N2. The van der Waals surface area contributed by atoms with Crippen molar-refractivity contribution >= 4 is 0 Å². The number of unbranched alkanes of at least 4 members (excludes halogenated alkanes) is 3. The highest BCUT2D eigenvalue weighted by Crippen LogP contribution is 2.25. The Bertz CT molecular complexity index is 342. The van der Waals surface area contributed by atoms with Gasteiger partial charge in [-0.05, 0) is 24.7 Å². The zero-order chi connectivity index (χ0) is 17.7. The summed E-state index contributed by atoms with van der Waals surface area (Å²) in [4.78, 5) is 0. The third kappa shape index (κ3) is 9.04. The molecule has 2 heteroatoms. The summed E-state index contributed by atoms with van der Waals surface area (Å²) in [6.07, 6.45) is 10.6. The van der Waals surface area contributed by atoms with Gasteiger partial charge in [0, 0.05) is 11.7 Å². The normalized spacial score (nSPS) is 16.2. The van der Waals surface area contributed by atoms with Gasteiger partial charge >= 0.3 is 0 Å². The molecule has 4 atom stereocenters. The Morgan fingerprint density at radius 3 is 2.13 bits per heavy atom. The second-order valence-corrected chi connectivity index (χ2v) is 7.20. The topological polar surface area (TPSA) is 35.8 Å². The molecule has 0 aromatic heterocycles. The van der Waals surface area contributed by atoms with E-state index in [2.05, 4.69) is 52.6 Å². The SMILES string of the molecule is C=C(NC(CCCCC)C(C#N)CCC)C(C)C(C)CCCC. The predicted molar refractivity (Wildman–Crippen MR) is 102 cm³/mol. The Morgan fingerprint density at radius 1 is 0.957 bits per heavy atom. The quantitative estimate of drug-likeness (QED) is 0.374. The van der Waals surface area contributed by atoms with E-state index in [-0.39, 0.29) is 12.0 Å². The van der Waals surface area contributed by atoms with Crippen molar-refractivity contribution in [3.8, 4) is 6.07 Å². The molecule has 1 N–H and O–H groups in total. The van der Waals surface area contributed by atoms with Gasteiger partial charge in [-0.1, -0.05) is 86.1 Å². The zero-order valence-corrected chi connectivity index (χ0v) is 16.3. The van der Waals surface area contributed by atoms with Crippen molar-refractivity contribution in [2.45, 2.75) is 98.4 Å². The Labute approximate surface area is 145 Å². The molecule has 0 aliphatic carbocycles. The highest BCUT2D eigenvalue weighted by Gasteiger charge is 2.23. The number of nitrogens with one attached hydrogen (secondary N) is 1. The van der Waals surface area contributed by atoms with E-state index in [0.29, 0.717) is 11.8 Å². The molecule has 4 unspecified atom stereocenters. The predicted octanol–water partition coefficient (Wildman–Crippen LogP) is 6.44. The average Bonchev–Trinajstić information content (AvgIpc) is 2.55. The molecule has 0 aromatic carbocycles. The standard InChI is InChI=1S/C21H40N2/c1-7-10-12-15-21(20(16-22)13-9-3)23-19(6)18(5)17(4)14-11-8-2/h17-18,20-21,23H,6-15H2,1-5H3. The van der Waals surface area contributed by atoms with E-state index < -0.39 is 0 Å². The average molecular weight is 321 g/mol. The van der Waals surface area contributed by atoms with Gasteiger partial charge in [-0.3, -0.25) is 0 Å². The molecule has 0 fully saturated rings. The number of nitriles is 1. The van der Waals surface area contributed by atoms with Crippen molar-refractivity contribution < 1.29 is 0 Å². The van der Waals surface area contributed by atoms with Crippen molar-refractivity contribution in [3.05, 3.63) is 12.3 Å².